The van der Waals surface area contributed by atoms with Crippen LogP contribution in [0.15, 0.2) is 22.7 Å². The van der Waals surface area contributed by atoms with Gasteiger partial charge in [0.2, 0.25) is 11.8 Å². The van der Waals surface area contributed by atoms with Crippen molar-refractivity contribution in [2.24, 2.45) is 5.92 Å². The maximum Gasteiger partial charge on any atom is 0.226 e. The van der Waals surface area contributed by atoms with Crippen LogP contribution < -0.4 is 0 Å². The molecule has 1 amide bonds. The van der Waals surface area contributed by atoms with E-state index in [0.29, 0.717) is 37.1 Å². The van der Waals surface area contributed by atoms with Crippen molar-refractivity contribution in [3.63, 3.8) is 0 Å². The minimum absolute atomic E-state index is 0.121. The largest absolute Gasteiger partial charge is 0.339 e. The number of hydrogen-bond donors (Lipinski definition) is 0. The molecule has 0 bridgehead atoms. The Labute approximate surface area is 150 Å². The summed E-state index contributed by atoms with van der Waals surface area (Å²) in [5.41, 5.74) is 3.74. The van der Waals surface area contributed by atoms with E-state index in [0.717, 1.165) is 12.8 Å². The van der Waals surface area contributed by atoms with Crippen LogP contribution in [0.3, 0.4) is 0 Å². The third kappa shape index (κ3) is 5.69. The first-order chi connectivity index (χ1) is 11.9. The maximum absolute atomic E-state index is 12.5. The van der Waals surface area contributed by atoms with Crippen molar-refractivity contribution in [1.29, 1.82) is 0 Å². The quantitative estimate of drug-likeness (QED) is 0.730. The molecule has 25 heavy (non-hydrogen) atoms. The van der Waals surface area contributed by atoms with Crippen molar-refractivity contribution >= 4 is 5.91 Å². The van der Waals surface area contributed by atoms with Gasteiger partial charge in [0.1, 0.15) is 0 Å². The van der Waals surface area contributed by atoms with E-state index in [2.05, 4.69) is 56.0 Å². The SMILES string of the molecule is CCN(Cc1noc(CC(C)C)n1)C(=O)CCc1ccc(C)c(C)c1. The Morgan fingerprint density at radius 2 is 2.00 bits per heavy atom. The zero-order valence-electron chi connectivity index (χ0n) is 16.0. The van der Waals surface area contributed by atoms with Crippen LogP contribution in [0, 0.1) is 19.8 Å². The molecule has 136 valence electrons. The average Bonchev–Trinajstić information content (AvgIpc) is 2.99. The molecular weight excluding hydrogens is 314 g/mol. The molecule has 0 spiro atoms. The Hall–Kier alpha value is -2.17. The van der Waals surface area contributed by atoms with Crippen LogP contribution in [0.1, 0.15) is 55.6 Å². The summed E-state index contributed by atoms with van der Waals surface area (Å²) >= 11 is 0. The van der Waals surface area contributed by atoms with Gasteiger partial charge in [-0.2, -0.15) is 4.98 Å². The van der Waals surface area contributed by atoms with Crippen LogP contribution in [0.4, 0.5) is 0 Å². The van der Waals surface area contributed by atoms with Crippen LogP contribution in [-0.2, 0) is 24.2 Å². The smallest absolute Gasteiger partial charge is 0.226 e. The Balaban J connectivity index is 1.91. The Bertz CT molecular complexity index is 707. The third-order valence-electron chi connectivity index (χ3n) is 4.36. The monoisotopic (exact) mass is 343 g/mol. The molecule has 0 saturated heterocycles. The van der Waals surface area contributed by atoms with Gasteiger partial charge in [-0.25, -0.2) is 0 Å². The summed E-state index contributed by atoms with van der Waals surface area (Å²) in [7, 11) is 0. The molecule has 5 nitrogen and oxygen atoms in total. The highest BCUT2D eigenvalue weighted by molar-refractivity contribution is 5.76. The molecule has 0 saturated carbocycles. The van der Waals surface area contributed by atoms with Crippen LogP contribution >= 0.6 is 0 Å². The van der Waals surface area contributed by atoms with Gasteiger partial charge in [0.15, 0.2) is 5.82 Å². The van der Waals surface area contributed by atoms with E-state index in [1.54, 1.807) is 4.90 Å². The average molecular weight is 343 g/mol. The predicted octanol–water partition coefficient (Wildman–Crippen LogP) is 3.87. The van der Waals surface area contributed by atoms with E-state index < -0.39 is 0 Å². The number of carbonyl (C=O) groups excluding carboxylic acids is 1. The number of aryl methyl sites for hydroxylation is 3. The maximum atomic E-state index is 12.5. The number of aromatic nitrogens is 2. The topological polar surface area (TPSA) is 59.2 Å². The third-order valence-corrected chi connectivity index (χ3v) is 4.36. The highest BCUT2D eigenvalue weighted by Crippen LogP contribution is 2.13. The molecule has 0 atom stereocenters. The minimum atomic E-state index is 0.121. The fraction of sp³-hybridized carbons (Fsp3) is 0.550. The summed E-state index contributed by atoms with van der Waals surface area (Å²) in [5, 5.41) is 4.00. The van der Waals surface area contributed by atoms with Gasteiger partial charge in [0.05, 0.1) is 6.54 Å². The van der Waals surface area contributed by atoms with Crippen LogP contribution in [0.2, 0.25) is 0 Å². The number of rotatable bonds is 8. The van der Waals surface area contributed by atoms with Crippen LogP contribution in [-0.4, -0.2) is 27.5 Å². The van der Waals surface area contributed by atoms with Crippen LogP contribution in [0.5, 0.6) is 0 Å². The Morgan fingerprint density at radius 1 is 1.24 bits per heavy atom. The molecule has 1 heterocycles. The zero-order chi connectivity index (χ0) is 18.4. The molecule has 0 N–H and O–H groups in total. The van der Waals surface area contributed by atoms with Gasteiger partial charge in [0, 0.05) is 19.4 Å². The fourth-order valence-electron chi connectivity index (χ4n) is 2.70. The van der Waals surface area contributed by atoms with Gasteiger partial charge >= 0.3 is 0 Å². The first-order valence-electron chi connectivity index (χ1n) is 9.04. The van der Waals surface area contributed by atoms with Gasteiger partial charge in [-0.15, -0.1) is 0 Å². The first kappa shape index (κ1) is 19.2. The minimum Gasteiger partial charge on any atom is -0.339 e. The van der Waals surface area contributed by atoms with Crippen molar-refractivity contribution < 1.29 is 9.32 Å². The van der Waals surface area contributed by atoms with Crippen LogP contribution in [0.25, 0.3) is 0 Å². The molecule has 5 heteroatoms. The zero-order valence-corrected chi connectivity index (χ0v) is 16.0. The first-order valence-corrected chi connectivity index (χ1v) is 9.04. The molecular formula is C20H29N3O2. The molecule has 0 radical (unpaired) electrons. The molecule has 0 fully saturated rings. The predicted molar refractivity (Wildman–Crippen MR) is 98.2 cm³/mol. The molecule has 0 unspecified atom stereocenters. The summed E-state index contributed by atoms with van der Waals surface area (Å²) in [6.45, 7) is 11.4. The van der Waals surface area contributed by atoms with E-state index in [1.807, 2.05) is 6.92 Å². The number of benzene rings is 1. The van der Waals surface area contributed by atoms with Crippen molar-refractivity contribution in [3.8, 4) is 0 Å². The second-order valence-electron chi connectivity index (χ2n) is 7.03. The molecule has 1 aromatic carbocycles. The second kappa shape index (κ2) is 8.79. The van der Waals surface area contributed by atoms with Gasteiger partial charge in [-0.05, 0) is 49.8 Å². The highest BCUT2D eigenvalue weighted by atomic mass is 16.5. The molecule has 0 aliphatic carbocycles. The Morgan fingerprint density at radius 3 is 2.64 bits per heavy atom. The lowest BCUT2D eigenvalue weighted by molar-refractivity contribution is -0.131. The van der Waals surface area contributed by atoms with E-state index in [4.69, 9.17) is 4.52 Å². The molecule has 2 rings (SSSR count). The number of nitrogens with zero attached hydrogens (tertiary/aromatic N) is 3. The van der Waals surface area contributed by atoms with Gasteiger partial charge in [-0.1, -0.05) is 37.2 Å². The lowest BCUT2D eigenvalue weighted by Gasteiger charge is -2.19. The van der Waals surface area contributed by atoms with Crippen molar-refractivity contribution in [2.45, 2.75) is 60.4 Å². The number of hydrogen-bond acceptors (Lipinski definition) is 4. The van der Waals surface area contributed by atoms with Gasteiger partial charge in [0.25, 0.3) is 0 Å². The molecule has 1 aromatic heterocycles. The standard InChI is InChI=1S/C20H29N3O2/c1-6-23(13-18-21-19(25-22-18)11-14(2)3)20(24)10-9-17-8-7-15(4)16(5)12-17/h7-8,12,14H,6,9-11,13H2,1-5H3. The second-order valence-corrected chi connectivity index (χ2v) is 7.03. The van der Waals surface area contributed by atoms with E-state index >= 15 is 0 Å². The van der Waals surface area contributed by atoms with Gasteiger partial charge < -0.3 is 9.42 Å². The lowest BCUT2D eigenvalue weighted by Crippen LogP contribution is -2.31. The summed E-state index contributed by atoms with van der Waals surface area (Å²) in [6, 6.07) is 6.38. The molecule has 0 aliphatic heterocycles. The summed E-state index contributed by atoms with van der Waals surface area (Å²) in [5.74, 6) is 1.81. The van der Waals surface area contributed by atoms with E-state index in [-0.39, 0.29) is 5.91 Å². The van der Waals surface area contributed by atoms with E-state index in [1.165, 1.54) is 16.7 Å². The number of amides is 1. The summed E-state index contributed by atoms with van der Waals surface area (Å²) < 4.78 is 5.26. The summed E-state index contributed by atoms with van der Waals surface area (Å²) in [6.07, 6.45) is 2.01. The lowest BCUT2D eigenvalue weighted by atomic mass is 10.0. The van der Waals surface area contributed by atoms with Crippen molar-refractivity contribution in [1.82, 2.24) is 15.0 Å². The normalized spacial score (nSPS) is 11.1. The Kier molecular flexibility index (Phi) is 6.73. The summed E-state index contributed by atoms with van der Waals surface area (Å²) in [4.78, 5) is 18.7. The van der Waals surface area contributed by atoms with E-state index in [9.17, 15) is 4.79 Å². The van der Waals surface area contributed by atoms with Gasteiger partial charge in [-0.3, -0.25) is 4.79 Å². The van der Waals surface area contributed by atoms with Crippen molar-refractivity contribution in [3.05, 3.63) is 46.6 Å². The number of carbonyl (C=O) groups is 1. The fourth-order valence-corrected chi connectivity index (χ4v) is 2.70. The molecule has 2 aromatic rings. The highest BCUT2D eigenvalue weighted by Gasteiger charge is 2.16. The van der Waals surface area contributed by atoms with Crippen molar-refractivity contribution in [2.75, 3.05) is 6.54 Å². The molecule has 0 aliphatic rings.